The molecule has 7 heteroatoms. The first-order valence-corrected chi connectivity index (χ1v) is 7.84. The van der Waals surface area contributed by atoms with Gasteiger partial charge in [-0.15, -0.1) is 11.3 Å². The number of rotatable bonds is 5. The van der Waals surface area contributed by atoms with Gasteiger partial charge in [-0.3, -0.25) is 4.79 Å². The van der Waals surface area contributed by atoms with E-state index in [9.17, 15) is 4.79 Å². The quantitative estimate of drug-likeness (QED) is 0.474. The highest BCUT2D eigenvalue weighted by Crippen LogP contribution is 2.28. The number of azide groups is 1. The van der Waals surface area contributed by atoms with E-state index >= 15 is 0 Å². The molecule has 0 saturated carbocycles. The third kappa shape index (κ3) is 2.78. The highest BCUT2D eigenvalue weighted by Gasteiger charge is 2.29. The minimum Gasteiger partial charge on any atom is -0.342 e. The second-order valence-corrected chi connectivity index (χ2v) is 6.57. The highest BCUT2D eigenvalue weighted by atomic mass is 32.1. The summed E-state index contributed by atoms with van der Waals surface area (Å²) >= 11 is 1.81. The van der Waals surface area contributed by atoms with Crippen LogP contribution in [0, 0.1) is 5.92 Å². The van der Waals surface area contributed by atoms with Gasteiger partial charge in [-0.25, -0.2) is 4.98 Å². The monoisotopic (exact) mass is 291 g/mol. The zero-order chi connectivity index (χ0) is 13.9. The Bertz CT molecular complexity index is 542. The van der Waals surface area contributed by atoms with Crippen LogP contribution in [-0.4, -0.2) is 35.4 Å². The summed E-state index contributed by atoms with van der Waals surface area (Å²) in [5.74, 6) is 0.354. The summed E-state index contributed by atoms with van der Waals surface area (Å²) in [5, 5.41) is 4.72. The molecule has 1 fully saturated rings. The number of thiazole rings is 1. The van der Waals surface area contributed by atoms with Crippen LogP contribution in [-0.2, 0) is 24.1 Å². The maximum Gasteiger partial charge on any atom is 0.222 e. The van der Waals surface area contributed by atoms with Crippen LogP contribution in [0.25, 0.3) is 10.4 Å². The van der Waals surface area contributed by atoms with E-state index in [0.29, 0.717) is 19.5 Å². The van der Waals surface area contributed by atoms with Crippen LogP contribution in [0.1, 0.15) is 28.4 Å². The molecule has 0 spiro atoms. The molecule has 2 heterocycles. The first kappa shape index (κ1) is 13.4. The van der Waals surface area contributed by atoms with Gasteiger partial charge in [0.2, 0.25) is 5.91 Å². The van der Waals surface area contributed by atoms with E-state index in [-0.39, 0.29) is 11.8 Å². The van der Waals surface area contributed by atoms with E-state index in [2.05, 4.69) is 15.0 Å². The lowest BCUT2D eigenvalue weighted by Gasteiger charge is -2.15. The van der Waals surface area contributed by atoms with E-state index in [4.69, 9.17) is 5.53 Å². The van der Waals surface area contributed by atoms with E-state index in [1.54, 1.807) is 11.3 Å². The molecule has 6 nitrogen and oxygen atoms in total. The molecule has 1 aromatic heterocycles. The number of fused-ring (bicyclic) bond motifs is 1. The van der Waals surface area contributed by atoms with E-state index in [1.807, 2.05) is 4.90 Å². The number of likely N-dealkylation sites (tertiary alicyclic amines) is 1. The Kier molecular flexibility index (Phi) is 3.89. The largest absolute Gasteiger partial charge is 0.342 e. The average molecular weight is 291 g/mol. The van der Waals surface area contributed by atoms with Crippen molar-refractivity contribution < 1.29 is 4.79 Å². The lowest BCUT2D eigenvalue weighted by molar-refractivity contribution is -0.127. The molecule has 2 aliphatic rings. The summed E-state index contributed by atoms with van der Waals surface area (Å²) in [4.78, 5) is 22.6. The Morgan fingerprint density at radius 2 is 2.40 bits per heavy atom. The van der Waals surface area contributed by atoms with Crippen molar-refractivity contribution in [2.75, 3.05) is 19.6 Å². The molecule has 106 valence electrons. The van der Waals surface area contributed by atoms with Crippen LogP contribution in [0.15, 0.2) is 5.11 Å². The number of hydrogen-bond acceptors (Lipinski definition) is 4. The maximum absolute atomic E-state index is 11.9. The Labute approximate surface area is 121 Å². The smallest absolute Gasteiger partial charge is 0.222 e. The van der Waals surface area contributed by atoms with Crippen molar-refractivity contribution in [3.63, 3.8) is 0 Å². The molecule has 1 aliphatic heterocycles. The standard InChI is InChI=1S/C13H17N5OS/c14-17-15-7-9-6-13(19)18(8-9)5-4-12-16-10-2-1-3-11(10)20-12/h9H,1-8H2. The molecule has 1 amide bonds. The van der Waals surface area contributed by atoms with Gasteiger partial charge in [-0.1, -0.05) is 5.11 Å². The van der Waals surface area contributed by atoms with Gasteiger partial charge in [0.25, 0.3) is 0 Å². The minimum atomic E-state index is 0.173. The first-order chi connectivity index (χ1) is 9.76. The summed E-state index contributed by atoms with van der Waals surface area (Å²) in [7, 11) is 0. The zero-order valence-electron chi connectivity index (χ0n) is 11.3. The molecule has 0 N–H and O–H groups in total. The second-order valence-electron chi connectivity index (χ2n) is 5.40. The molecule has 20 heavy (non-hydrogen) atoms. The fourth-order valence-corrected chi connectivity index (χ4v) is 4.07. The second kappa shape index (κ2) is 5.81. The van der Waals surface area contributed by atoms with Crippen molar-refractivity contribution in [2.24, 2.45) is 11.0 Å². The number of carbonyl (C=O) groups is 1. The van der Waals surface area contributed by atoms with Gasteiger partial charge in [-0.05, 0) is 30.7 Å². The molecule has 1 atom stereocenters. The van der Waals surface area contributed by atoms with Crippen LogP contribution in [0.3, 0.4) is 0 Å². The third-order valence-electron chi connectivity index (χ3n) is 3.93. The van der Waals surface area contributed by atoms with Gasteiger partial charge in [-0.2, -0.15) is 0 Å². The van der Waals surface area contributed by atoms with E-state index < -0.39 is 0 Å². The number of amides is 1. The SMILES string of the molecule is [N-]=[N+]=NCC1CC(=O)N(CCc2nc3c(s2)CCC3)C1. The molecular formula is C13H17N5OS. The summed E-state index contributed by atoms with van der Waals surface area (Å²) in [6, 6.07) is 0. The topological polar surface area (TPSA) is 82.0 Å². The average Bonchev–Trinajstić information content (AvgIpc) is 3.08. The van der Waals surface area contributed by atoms with Crippen LogP contribution in [0.4, 0.5) is 0 Å². The Morgan fingerprint density at radius 1 is 1.50 bits per heavy atom. The normalized spacial score (nSPS) is 21.1. The summed E-state index contributed by atoms with van der Waals surface area (Å²) in [5.41, 5.74) is 9.60. The fraction of sp³-hybridized carbons (Fsp3) is 0.692. The zero-order valence-corrected chi connectivity index (χ0v) is 12.1. The number of aryl methyl sites for hydroxylation is 2. The lowest BCUT2D eigenvalue weighted by atomic mass is 10.1. The maximum atomic E-state index is 11.9. The van der Waals surface area contributed by atoms with Crippen molar-refractivity contribution in [1.29, 1.82) is 0 Å². The Balaban J connectivity index is 1.53. The van der Waals surface area contributed by atoms with Crippen molar-refractivity contribution >= 4 is 17.2 Å². The lowest BCUT2D eigenvalue weighted by Crippen LogP contribution is -2.27. The van der Waals surface area contributed by atoms with Crippen molar-refractivity contribution in [3.8, 4) is 0 Å². The fourth-order valence-electron chi connectivity index (χ4n) is 2.93. The molecule has 0 bridgehead atoms. The molecule has 1 aromatic rings. The number of hydrogen-bond donors (Lipinski definition) is 0. The van der Waals surface area contributed by atoms with Crippen LogP contribution < -0.4 is 0 Å². The van der Waals surface area contributed by atoms with Crippen molar-refractivity contribution in [1.82, 2.24) is 9.88 Å². The highest BCUT2D eigenvalue weighted by molar-refractivity contribution is 7.11. The van der Waals surface area contributed by atoms with Crippen molar-refractivity contribution in [2.45, 2.75) is 32.1 Å². The van der Waals surface area contributed by atoms with Crippen LogP contribution >= 0.6 is 11.3 Å². The molecule has 1 aliphatic carbocycles. The molecule has 0 radical (unpaired) electrons. The molecule has 0 aromatic carbocycles. The molecule has 3 rings (SSSR count). The van der Waals surface area contributed by atoms with E-state index in [1.165, 1.54) is 23.4 Å². The van der Waals surface area contributed by atoms with Gasteiger partial charge < -0.3 is 4.90 Å². The minimum absolute atomic E-state index is 0.173. The van der Waals surface area contributed by atoms with Crippen LogP contribution in [0.2, 0.25) is 0 Å². The number of nitrogens with zero attached hydrogens (tertiary/aromatic N) is 5. The number of carbonyl (C=O) groups excluding carboxylic acids is 1. The number of aromatic nitrogens is 1. The first-order valence-electron chi connectivity index (χ1n) is 7.02. The van der Waals surface area contributed by atoms with Gasteiger partial charge in [0, 0.05) is 42.3 Å². The summed E-state index contributed by atoms with van der Waals surface area (Å²) in [6.45, 7) is 1.87. The summed E-state index contributed by atoms with van der Waals surface area (Å²) < 4.78 is 0. The molecule has 1 saturated heterocycles. The van der Waals surface area contributed by atoms with Crippen LogP contribution in [0.5, 0.6) is 0 Å². The Hall–Kier alpha value is -1.59. The van der Waals surface area contributed by atoms with Gasteiger partial charge >= 0.3 is 0 Å². The van der Waals surface area contributed by atoms with E-state index in [0.717, 1.165) is 24.4 Å². The summed E-state index contributed by atoms with van der Waals surface area (Å²) in [6.07, 6.45) is 4.87. The van der Waals surface area contributed by atoms with Gasteiger partial charge in [0.05, 0.1) is 10.7 Å². The van der Waals surface area contributed by atoms with Gasteiger partial charge in [0.1, 0.15) is 0 Å². The molecule has 1 unspecified atom stereocenters. The molecular weight excluding hydrogens is 274 g/mol. The predicted molar refractivity (Wildman–Crippen MR) is 76.5 cm³/mol. The third-order valence-corrected chi connectivity index (χ3v) is 5.15. The predicted octanol–water partition coefficient (Wildman–Crippen LogP) is 2.33. The van der Waals surface area contributed by atoms with Crippen molar-refractivity contribution in [3.05, 3.63) is 26.0 Å². The van der Waals surface area contributed by atoms with Gasteiger partial charge in [0.15, 0.2) is 0 Å². The Morgan fingerprint density at radius 3 is 3.20 bits per heavy atom.